The second-order valence-corrected chi connectivity index (χ2v) is 20.3. The van der Waals surface area contributed by atoms with E-state index < -0.39 is 10.8 Å². The highest BCUT2D eigenvalue weighted by Crippen LogP contribution is 2.45. The normalized spacial score (nSPS) is 15.9. The lowest BCUT2D eigenvalue weighted by Gasteiger charge is -2.31. The van der Waals surface area contributed by atoms with Crippen LogP contribution in [0.25, 0.3) is 16.8 Å². The van der Waals surface area contributed by atoms with E-state index in [1.807, 2.05) is 138 Å². The van der Waals surface area contributed by atoms with Gasteiger partial charge in [-0.3, -0.25) is 9.59 Å². The Balaban J connectivity index is 1.51. The summed E-state index contributed by atoms with van der Waals surface area (Å²) < 4.78 is 0. The van der Waals surface area contributed by atoms with Crippen molar-refractivity contribution in [1.29, 1.82) is 0 Å². The molecule has 302 valence electrons. The molecule has 6 nitrogen and oxygen atoms in total. The number of azo groups is 2. The van der Waals surface area contributed by atoms with Crippen LogP contribution < -0.4 is 0 Å². The molecule has 0 aliphatic heterocycles. The van der Waals surface area contributed by atoms with E-state index in [-0.39, 0.29) is 27.4 Å². The molecule has 0 fully saturated rings. The summed E-state index contributed by atoms with van der Waals surface area (Å²) in [6, 6.07) is 16.3. The minimum absolute atomic E-state index is 0.0307. The van der Waals surface area contributed by atoms with Gasteiger partial charge in [-0.2, -0.15) is 5.11 Å². The zero-order valence-electron chi connectivity index (χ0n) is 35.2. The Morgan fingerprint density at radius 2 is 0.914 bits per heavy atom. The number of hydrogen-bond donors (Lipinski definition) is 0. The molecule has 58 heavy (non-hydrogen) atoms. The quantitative estimate of drug-likeness (QED) is 0.231. The van der Waals surface area contributed by atoms with E-state index in [4.69, 9.17) is 51.5 Å². The molecule has 0 spiro atoms. The Kier molecular flexibility index (Phi) is 13.0. The SMILES string of the molecule is CC(C)(C)C1=CC(=C/N=N/c2cc(Cl)c(-c3cc(Cl)c(/N=N/C(=C4C=C(C(C)(C)C)C(=O)C(C(C)(C)C)=C4)c4ccccc4)cc3Cl)cc2Cl)C=C(C(C)(C)C)C1=O. The molecule has 0 unspecified atom stereocenters. The minimum atomic E-state index is -0.402. The van der Waals surface area contributed by atoms with E-state index in [1.165, 1.54) is 0 Å². The van der Waals surface area contributed by atoms with Crippen LogP contribution in [-0.2, 0) is 9.59 Å². The summed E-state index contributed by atoms with van der Waals surface area (Å²) in [5.41, 5.74) is 6.02. The third-order valence-electron chi connectivity index (χ3n) is 9.75. The highest BCUT2D eigenvalue weighted by Gasteiger charge is 2.36. The smallest absolute Gasteiger partial charge is 0.186 e. The Morgan fingerprint density at radius 3 is 1.33 bits per heavy atom. The highest BCUT2D eigenvalue weighted by molar-refractivity contribution is 6.40. The number of carbonyl (C=O) groups is 2. The van der Waals surface area contributed by atoms with E-state index in [1.54, 1.807) is 30.5 Å². The lowest BCUT2D eigenvalue weighted by Crippen LogP contribution is -2.28. The van der Waals surface area contributed by atoms with Crippen molar-refractivity contribution in [2.24, 2.45) is 42.1 Å². The Morgan fingerprint density at radius 1 is 0.517 bits per heavy atom. The summed E-state index contributed by atoms with van der Waals surface area (Å²) in [5.74, 6) is 0.0734. The number of halogens is 4. The predicted molar refractivity (Wildman–Crippen MR) is 243 cm³/mol. The number of benzene rings is 3. The van der Waals surface area contributed by atoms with Crippen LogP contribution in [0.4, 0.5) is 11.4 Å². The van der Waals surface area contributed by atoms with Gasteiger partial charge in [0.2, 0.25) is 0 Å². The standard InChI is InChI=1S/C48H50Cl4N4O2/c1-45(2,3)32-18-27(19-33(43(32)57)46(4,5)6)26-53-54-40-24-36(49)30(22-38(40)51)31-23-39(52)41(25-37(31)50)55-56-42(28-16-14-13-15-17-28)29-20-34(47(7,8)9)44(58)35(21-29)48(10,11)12/h13-26H,1-12H3/b54-53+,56-55+. The van der Waals surface area contributed by atoms with Gasteiger partial charge in [0, 0.05) is 44.6 Å². The molecule has 0 heterocycles. The molecule has 2 aliphatic rings. The topological polar surface area (TPSA) is 83.6 Å². The molecule has 0 bridgehead atoms. The van der Waals surface area contributed by atoms with Crippen molar-refractivity contribution in [3.05, 3.63) is 144 Å². The first kappa shape index (κ1) is 44.9. The fourth-order valence-corrected chi connectivity index (χ4v) is 7.42. The molecular formula is C48H50Cl4N4O2. The van der Waals surface area contributed by atoms with Crippen LogP contribution in [0.5, 0.6) is 0 Å². The third-order valence-corrected chi connectivity index (χ3v) is 11.0. The first-order chi connectivity index (χ1) is 26.8. The minimum Gasteiger partial charge on any atom is -0.289 e. The van der Waals surface area contributed by atoms with Gasteiger partial charge in [0.1, 0.15) is 17.1 Å². The predicted octanol–water partition coefficient (Wildman–Crippen LogP) is 16.5. The zero-order valence-corrected chi connectivity index (χ0v) is 38.2. The maximum Gasteiger partial charge on any atom is 0.186 e. The molecule has 5 rings (SSSR count). The molecule has 3 aromatic carbocycles. The van der Waals surface area contributed by atoms with Crippen molar-refractivity contribution >= 4 is 75.0 Å². The summed E-state index contributed by atoms with van der Waals surface area (Å²) in [5, 5.41) is 19.3. The van der Waals surface area contributed by atoms with E-state index >= 15 is 0 Å². The summed E-state index contributed by atoms with van der Waals surface area (Å²) in [6.45, 7) is 24.3. The summed E-state index contributed by atoms with van der Waals surface area (Å²) in [7, 11) is 0. The van der Waals surface area contributed by atoms with Crippen molar-refractivity contribution in [3.8, 4) is 11.1 Å². The highest BCUT2D eigenvalue weighted by atomic mass is 35.5. The van der Waals surface area contributed by atoms with Crippen molar-refractivity contribution in [2.75, 3.05) is 0 Å². The summed E-state index contributed by atoms with van der Waals surface area (Å²) in [4.78, 5) is 27.0. The van der Waals surface area contributed by atoms with E-state index in [2.05, 4.69) is 15.3 Å². The van der Waals surface area contributed by atoms with Crippen LogP contribution in [0, 0.1) is 21.7 Å². The molecule has 0 saturated heterocycles. The maximum atomic E-state index is 13.7. The Hall–Kier alpha value is -4.20. The largest absolute Gasteiger partial charge is 0.289 e. The van der Waals surface area contributed by atoms with Gasteiger partial charge in [0.05, 0.1) is 26.3 Å². The number of allylic oxidation sites excluding steroid dienone is 10. The van der Waals surface area contributed by atoms with E-state index in [0.717, 1.165) is 16.7 Å². The number of rotatable bonds is 6. The number of nitrogens with zero attached hydrogens (tertiary/aromatic N) is 4. The number of carbonyl (C=O) groups excluding carboxylic acids is 2. The number of hydrogen-bond acceptors (Lipinski definition) is 6. The number of Topliss-reactive ketones (excluding diaryl/α,β-unsaturated/α-hetero) is 2. The molecule has 0 aromatic heterocycles. The van der Waals surface area contributed by atoms with Gasteiger partial charge in [-0.1, -0.05) is 160 Å². The average molecular weight is 857 g/mol. The molecule has 10 heteroatoms. The molecule has 0 saturated carbocycles. The van der Waals surface area contributed by atoms with Crippen molar-refractivity contribution in [1.82, 2.24) is 0 Å². The second-order valence-electron chi connectivity index (χ2n) is 18.7. The molecular weight excluding hydrogens is 806 g/mol. The van der Waals surface area contributed by atoms with Crippen LogP contribution in [0.15, 0.2) is 139 Å². The summed E-state index contributed by atoms with van der Waals surface area (Å²) in [6.07, 6.45) is 9.17. The van der Waals surface area contributed by atoms with Gasteiger partial charge >= 0.3 is 0 Å². The van der Waals surface area contributed by atoms with Gasteiger partial charge in [0.15, 0.2) is 11.6 Å². The molecule has 0 radical (unpaired) electrons. The molecule has 0 atom stereocenters. The molecule has 0 amide bonds. The van der Waals surface area contributed by atoms with Gasteiger partial charge in [-0.05, 0) is 75.8 Å². The van der Waals surface area contributed by atoms with Crippen molar-refractivity contribution in [2.45, 2.75) is 83.1 Å². The molecule has 2 aliphatic carbocycles. The lowest BCUT2D eigenvalue weighted by molar-refractivity contribution is -0.114. The van der Waals surface area contributed by atoms with Gasteiger partial charge in [0.25, 0.3) is 0 Å². The van der Waals surface area contributed by atoms with Crippen molar-refractivity contribution in [3.63, 3.8) is 0 Å². The molecule has 0 N–H and O–H groups in total. The average Bonchev–Trinajstić information content (AvgIpc) is 3.10. The van der Waals surface area contributed by atoms with Crippen LogP contribution in [0.2, 0.25) is 20.1 Å². The van der Waals surface area contributed by atoms with Gasteiger partial charge in [-0.25, -0.2) is 0 Å². The number of ketones is 2. The fourth-order valence-electron chi connectivity index (χ4n) is 6.50. The van der Waals surface area contributed by atoms with Crippen LogP contribution in [0.3, 0.4) is 0 Å². The lowest BCUT2D eigenvalue weighted by atomic mass is 9.71. The van der Waals surface area contributed by atoms with Gasteiger partial charge < -0.3 is 0 Å². The maximum absolute atomic E-state index is 13.7. The summed E-state index contributed by atoms with van der Waals surface area (Å²) >= 11 is 27.3. The van der Waals surface area contributed by atoms with E-state index in [0.29, 0.717) is 65.6 Å². The first-order valence-electron chi connectivity index (χ1n) is 19.1. The second kappa shape index (κ2) is 16.8. The fraction of sp³-hybridized carbons (Fsp3) is 0.333. The van der Waals surface area contributed by atoms with Gasteiger partial charge in [-0.15, -0.1) is 15.3 Å². The van der Waals surface area contributed by atoms with Crippen molar-refractivity contribution < 1.29 is 9.59 Å². The Labute approximate surface area is 363 Å². The molecule has 3 aromatic rings. The third kappa shape index (κ3) is 10.1. The first-order valence-corrected chi connectivity index (χ1v) is 20.6. The Bertz CT molecular complexity index is 2360. The van der Waals surface area contributed by atoms with E-state index in [9.17, 15) is 9.59 Å². The monoisotopic (exact) mass is 854 g/mol. The van der Waals surface area contributed by atoms with Crippen LogP contribution in [0.1, 0.15) is 88.6 Å². The zero-order chi connectivity index (χ0) is 43.1. The van der Waals surface area contributed by atoms with Crippen LogP contribution >= 0.6 is 46.4 Å². The van der Waals surface area contributed by atoms with Crippen LogP contribution in [-0.4, -0.2) is 11.6 Å².